The standard InChI is InChI=1S/C10H19ClO3S/c1-2-3-9-14-15(12,13)10(6-7-10)5-4-8-11/h2-9H2,1H3. The van der Waals surface area contributed by atoms with Gasteiger partial charge in [0.15, 0.2) is 0 Å². The van der Waals surface area contributed by atoms with Crippen LogP contribution in [0.4, 0.5) is 0 Å². The summed E-state index contributed by atoms with van der Waals surface area (Å²) >= 11 is 5.58. The summed E-state index contributed by atoms with van der Waals surface area (Å²) in [5, 5.41) is 0. The molecule has 0 aromatic carbocycles. The lowest BCUT2D eigenvalue weighted by atomic mass is 10.2. The molecule has 0 aromatic heterocycles. The maximum atomic E-state index is 11.8. The number of hydrogen-bond donors (Lipinski definition) is 0. The van der Waals surface area contributed by atoms with Gasteiger partial charge in [-0.3, -0.25) is 4.18 Å². The highest BCUT2D eigenvalue weighted by Gasteiger charge is 2.54. The first-order chi connectivity index (χ1) is 7.08. The van der Waals surface area contributed by atoms with Gasteiger partial charge >= 0.3 is 0 Å². The predicted molar refractivity (Wildman–Crippen MR) is 61.7 cm³/mol. The molecule has 5 heteroatoms. The van der Waals surface area contributed by atoms with E-state index in [1.165, 1.54) is 0 Å². The fourth-order valence-corrected chi connectivity index (χ4v) is 3.31. The Morgan fingerprint density at radius 2 is 2.00 bits per heavy atom. The highest BCUT2D eigenvalue weighted by Crippen LogP contribution is 2.48. The molecule has 0 radical (unpaired) electrons. The monoisotopic (exact) mass is 254 g/mol. The van der Waals surface area contributed by atoms with Crippen molar-refractivity contribution in [2.24, 2.45) is 0 Å². The third kappa shape index (κ3) is 3.33. The van der Waals surface area contributed by atoms with Crippen molar-refractivity contribution in [3.63, 3.8) is 0 Å². The Bertz CT molecular complexity index is 283. The third-order valence-electron chi connectivity index (χ3n) is 2.84. The molecule has 0 heterocycles. The summed E-state index contributed by atoms with van der Waals surface area (Å²) in [7, 11) is -3.35. The summed E-state index contributed by atoms with van der Waals surface area (Å²) in [6.45, 7) is 2.33. The first kappa shape index (κ1) is 13.3. The number of rotatable bonds is 8. The van der Waals surface area contributed by atoms with Crippen LogP contribution < -0.4 is 0 Å². The van der Waals surface area contributed by atoms with Gasteiger partial charge < -0.3 is 0 Å². The molecular formula is C10H19ClO3S. The van der Waals surface area contributed by atoms with E-state index in [0.717, 1.165) is 32.1 Å². The summed E-state index contributed by atoms with van der Waals surface area (Å²) in [5.41, 5.74) is 0. The van der Waals surface area contributed by atoms with Crippen LogP contribution in [0.3, 0.4) is 0 Å². The van der Waals surface area contributed by atoms with Crippen molar-refractivity contribution in [2.75, 3.05) is 12.5 Å². The van der Waals surface area contributed by atoms with Gasteiger partial charge in [0.2, 0.25) is 0 Å². The van der Waals surface area contributed by atoms with Crippen LogP contribution in [0.5, 0.6) is 0 Å². The Kier molecular flexibility index (Phi) is 4.87. The molecule has 90 valence electrons. The van der Waals surface area contributed by atoms with Crippen molar-refractivity contribution in [2.45, 2.75) is 50.2 Å². The van der Waals surface area contributed by atoms with Crippen LogP contribution in [0.15, 0.2) is 0 Å². The van der Waals surface area contributed by atoms with Crippen LogP contribution in [-0.2, 0) is 14.3 Å². The van der Waals surface area contributed by atoms with Gasteiger partial charge in [-0.05, 0) is 32.1 Å². The second-order valence-electron chi connectivity index (χ2n) is 4.11. The van der Waals surface area contributed by atoms with Crippen LogP contribution in [-0.4, -0.2) is 25.7 Å². The molecule has 0 atom stereocenters. The quantitative estimate of drug-likeness (QED) is 0.380. The lowest BCUT2D eigenvalue weighted by molar-refractivity contribution is 0.301. The molecule has 1 aliphatic carbocycles. The van der Waals surface area contributed by atoms with Gasteiger partial charge in [-0.15, -0.1) is 11.6 Å². The first-order valence-electron chi connectivity index (χ1n) is 5.53. The molecule has 0 aromatic rings. The van der Waals surface area contributed by atoms with Crippen molar-refractivity contribution >= 4 is 21.7 Å². The van der Waals surface area contributed by atoms with Crippen LogP contribution in [0.2, 0.25) is 0 Å². The maximum absolute atomic E-state index is 11.8. The molecule has 0 saturated heterocycles. The summed E-state index contributed by atoms with van der Waals surface area (Å²) in [6, 6.07) is 0. The Labute approximate surface area is 97.3 Å². The zero-order chi connectivity index (χ0) is 11.4. The molecule has 0 spiro atoms. The largest absolute Gasteiger partial charge is 0.273 e. The molecule has 1 rings (SSSR count). The van der Waals surface area contributed by atoms with E-state index in [4.69, 9.17) is 15.8 Å². The minimum atomic E-state index is -3.35. The van der Waals surface area contributed by atoms with E-state index in [-0.39, 0.29) is 0 Å². The number of unbranched alkanes of at least 4 members (excludes halogenated alkanes) is 1. The summed E-state index contributed by atoms with van der Waals surface area (Å²) in [6.07, 6.45) is 4.61. The third-order valence-corrected chi connectivity index (χ3v) is 5.26. The minimum absolute atomic E-state index is 0.321. The van der Waals surface area contributed by atoms with Gasteiger partial charge in [0.1, 0.15) is 0 Å². The average molecular weight is 255 g/mol. The summed E-state index contributed by atoms with van der Waals surface area (Å²) in [4.78, 5) is 0. The highest BCUT2D eigenvalue weighted by molar-refractivity contribution is 7.88. The van der Waals surface area contributed by atoms with Gasteiger partial charge in [0.05, 0.1) is 11.4 Å². The van der Waals surface area contributed by atoms with Gasteiger partial charge in [-0.1, -0.05) is 13.3 Å². The second-order valence-corrected chi connectivity index (χ2v) is 6.49. The summed E-state index contributed by atoms with van der Waals surface area (Å²) < 4.78 is 28.1. The van der Waals surface area contributed by atoms with E-state index >= 15 is 0 Å². The predicted octanol–water partition coefficient (Wildman–Crippen LogP) is 2.68. The topological polar surface area (TPSA) is 43.4 Å². The fraction of sp³-hybridized carbons (Fsp3) is 1.00. The average Bonchev–Trinajstić information content (AvgIpc) is 2.96. The van der Waals surface area contributed by atoms with Gasteiger partial charge in [0.25, 0.3) is 10.1 Å². The lowest BCUT2D eigenvalue weighted by Gasteiger charge is -2.15. The fourth-order valence-electron chi connectivity index (χ4n) is 1.59. The van der Waals surface area contributed by atoms with E-state index < -0.39 is 14.9 Å². The Morgan fingerprint density at radius 3 is 2.47 bits per heavy atom. The molecular weight excluding hydrogens is 236 g/mol. The smallest absolute Gasteiger partial charge is 0.270 e. The highest BCUT2D eigenvalue weighted by atomic mass is 35.5. The molecule has 0 N–H and O–H groups in total. The SMILES string of the molecule is CCCCOS(=O)(=O)C1(CCCCl)CC1. The lowest BCUT2D eigenvalue weighted by Crippen LogP contribution is -2.26. The van der Waals surface area contributed by atoms with E-state index in [2.05, 4.69) is 0 Å². The molecule has 0 unspecified atom stereocenters. The molecule has 0 aliphatic heterocycles. The molecule has 0 amide bonds. The molecule has 1 aliphatic rings. The zero-order valence-electron chi connectivity index (χ0n) is 9.17. The van der Waals surface area contributed by atoms with E-state index in [9.17, 15) is 8.42 Å². The van der Waals surface area contributed by atoms with Crippen molar-refractivity contribution in [3.8, 4) is 0 Å². The van der Waals surface area contributed by atoms with Crippen molar-refractivity contribution in [1.29, 1.82) is 0 Å². The second kappa shape index (κ2) is 5.51. The molecule has 0 bridgehead atoms. The van der Waals surface area contributed by atoms with Crippen LogP contribution in [0.1, 0.15) is 45.4 Å². The summed E-state index contributed by atoms with van der Waals surface area (Å²) in [5.74, 6) is 0.520. The van der Waals surface area contributed by atoms with Crippen LogP contribution >= 0.6 is 11.6 Å². The normalized spacial score (nSPS) is 19.1. The molecule has 3 nitrogen and oxygen atoms in total. The van der Waals surface area contributed by atoms with Crippen LogP contribution in [0, 0.1) is 0 Å². The molecule has 1 fully saturated rings. The number of hydrogen-bond acceptors (Lipinski definition) is 3. The Balaban J connectivity index is 2.46. The van der Waals surface area contributed by atoms with Crippen molar-refractivity contribution in [3.05, 3.63) is 0 Å². The maximum Gasteiger partial charge on any atom is 0.273 e. The van der Waals surface area contributed by atoms with E-state index in [0.29, 0.717) is 18.9 Å². The van der Waals surface area contributed by atoms with E-state index in [1.54, 1.807) is 0 Å². The van der Waals surface area contributed by atoms with E-state index in [1.807, 2.05) is 6.92 Å². The van der Waals surface area contributed by atoms with Gasteiger partial charge in [0, 0.05) is 5.88 Å². The first-order valence-corrected chi connectivity index (χ1v) is 7.47. The Morgan fingerprint density at radius 1 is 1.33 bits per heavy atom. The molecule has 1 saturated carbocycles. The van der Waals surface area contributed by atoms with Crippen molar-refractivity contribution < 1.29 is 12.6 Å². The number of halogens is 1. The van der Waals surface area contributed by atoms with Crippen LogP contribution in [0.25, 0.3) is 0 Å². The van der Waals surface area contributed by atoms with Gasteiger partial charge in [-0.2, -0.15) is 8.42 Å². The minimum Gasteiger partial charge on any atom is -0.270 e. The number of alkyl halides is 1. The van der Waals surface area contributed by atoms with Crippen molar-refractivity contribution in [1.82, 2.24) is 0 Å². The van der Waals surface area contributed by atoms with Gasteiger partial charge in [-0.25, -0.2) is 0 Å². The Hall–Kier alpha value is 0.200. The molecule has 15 heavy (non-hydrogen) atoms. The zero-order valence-corrected chi connectivity index (χ0v) is 10.7.